The number of aromatic nitrogens is 2. The number of nitrogens with zero attached hydrogens (tertiary/aromatic N) is 3. The highest BCUT2D eigenvalue weighted by molar-refractivity contribution is 9.10. The van der Waals surface area contributed by atoms with E-state index in [4.69, 9.17) is 14.5 Å². The molecule has 1 atom stereocenters. The maximum absolute atomic E-state index is 13.4. The molecule has 6 nitrogen and oxygen atoms in total. The second-order valence-electron chi connectivity index (χ2n) is 9.41. The number of hydrogen-bond acceptors (Lipinski definition) is 5. The molecule has 8 heteroatoms. The normalized spacial score (nSPS) is 12.9. The molecule has 0 N–H and O–H groups in total. The zero-order chi connectivity index (χ0) is 25.0. The third-order valence-electron chi connectivity index (χ3n) is 5.22. The fourth-order valence-corrected chi connectivity index (χ4v) is 4.01. The van der Waals surface area contributed by atoms with Crippen LogP contribution < -0.4 is 15.0 Å². The van der Waals surface area contributed by atoms with Gasteiger partial charge in [-0.3, -0.25) is 4.79 Å². The van der Waals surface area contributed by atoms with Gasteiger partial charge in [-0.2, -0.15) is 9.78 Å². The lowest BCUT2D eigenvalue weighted by Crippen LogP contribution is -2.23. The summed E-state index contributed by atoms with van der Waals surface area (Å²) in [4.78, 5) is 18.1. The van der Waals surface area contributed by atoms with Gasteiger partial charge in [-0.1, -0.05) is 50.5 Å². The molecular formula is C26H31Br2N3O3. The van der Waals surface area contributed by atoms with Gasteiger partial charge in [0.15, 0.2) is 11.5 Å². The first-order valence-corrected chi connectivity index (χ1v) is 13.0. The van der Waals surface area contributed by atoms with Gasteiger partial charge in [-0.15, -0.1) is 0 Å². The first-order chi connectivity index (χ1) is 16.0. The minimum Gasteiger partial charge on any atom is -0.490 e. The van der Waals surface area contributed by atoms with Crippen LogP contribution in [0.3, 0.4) is 0 Å². The van der Waals surface area contributed by atoms with Crippen LogP contribution >= 0.6 is 31.9 Å². The lowest BCUT2D eigenvalue weighted by atomic mass is 9.99. The van der Waals surface area contributed by atoms with E-state index < -0.39 is 0 Å². The quantitative estimate of drug-likeness (QED) is 0.261. The first kappa shape index (κ1) is 26.4. The highest BCUT2D eigenvalue weighted by Gasteiger charge is 2.17. The topological polar surface area (TPSA) is 65.7 Å². The van der Waals surface area contributed by atoms with Crippen molar-refractivity contribution in [1.82, 2.24) is 9.66 Å². The molecule has 0 aliphatic carbocycles. The van der Waals surface area contributed by atoms with Gasteiger partial charge in [0, 0.05) is 20.4 Å². The Kier molecular flexibility index (Phi) is 8.57. The number of fused-ring (bicyclic) bond motifs is 1. The van der Waals surface area contributed by atoms with E-state index in [2.05, 4.69) is 64.7 Å². The van der Waals surface area contributed by atoms with Gasteiger partial charge in [0.2, 0.25) is 0 Å². The Labute approximate surface area is 217 Å². The highest BCUT2D eigenvalue weighted by Crippen LogP contribution is 2.34. The fourth-order valence-electron chi connectivity index (χ4n) is 3.22. The molecule has 0 spiro atoms. The molecular weight excluding hydrogens is 562 g/mol. The van der Waals surface area contributed by atoms with E-state index >= 15 is 0 Å². The molecule has 0 aliphatic rings. The van der Waals surface area contributed by atoms with Gasteiger partial charge in [-0.25, -0.2) is 4.98 Å². The summed E-state index contributed by atoms with van der Waals surface area (Å²) in [7, 11) is 0. The highest BCUT2D eigenvalue weighted by atomic mass is 79.9. The molecule has 182 valence electrons. The molecule has 0 radical (unpaired) electrons. The van der Waals surface area contributed by atoms with Crippen molar-refractivity contribution in [3.8, 4) is 11.5 Å². The second-order valence-corrected chi connectivity index (χ2v) is 11.2. The van der Waals surface area contributed by atoms with Gasteiger partial charge in [0.1, 0.15) is 5.82 Å². The Balaban J connectivity index is 2.09. The molecule has 1 heterocycles. The molecule has 0 bridgehead atoms. The molecule has 34 heavy (non-hydrogen) atoms. The summed E-state index contributed by atoms with van der Waals surface area (Å²) >= 11 is 7.06. The average molecular weight is 593 g/mol. The maximum Gasteiger partial charge on any atom is 0.282 e. The van der Waals surface area contributed by atoms with E-state index in [-0.39, 0.29) is 16.9 Å². The predicted molar refractivity (Wildman–Crippen MR) is 146 cm³/mol. The second kappa shape index (κ2) is 11.0. The molecule has 0 aliphatic heterocycles. The van der Waals surface area contributed by atoms with Crippen molar-refractivity contribution in [2.75, 3.05) is 13.2 Å². The Hall–Kier alpha value is -2.19. The van der Waals surface area contributed by atoms with Crippen molar-refractivity contribution in [1.29, 1.82) is 0 Å². The van der Waals surface area contributed by atoms with E-state index in [1.165, 1.54) is 4.68 Å². The SMILES string of the molecule is CCOc1cc(C=Nn2c([C@@H](C)CC)nc3ccc(Br)cc3c2=O)c(Br)cc1OCC(C)(C)C. The van der Waals surface area contributed by atoms with Crippen LogP contribution in [0.25, 0.3) is 10.9 Å². The molecule has 2 aromatic carbocycles. The van der Waals surface area contributed by atoms with E-state index in [0.717, 1.165) is 20.9 Å². The van der Waals surface area contributed by atoms with Crippen LogP contribution in [0.4, 0.5) is 0 Å². The summed E-state index contributed by atoms with van der Waals surface area (Å²) in [6.45, 7) is 13.5. The Morgan fingerprint density at radius 3 is 2.47 bits per heavy atom. The molecule has 0 saturated heterocycles. The maximum atomic E-state index is 13.4. The number of rotatable bonds is 8. The number of hydrogen-bond donors (Lipinski definition) is 0. The number of halogens is 2. The van der Waals surface area contributed by atoms with Crippen LogP contribution in [0.2, 0.25) is 0 Å². The Morgan fingerprint density at radius 2 is 1.82 bits per heavy atom. The van der Waals surface area contributed by atoms with Crippen LogP contribution in [-0.4, -0.2) is 29.1 Å². The average Bonchev–Trinajstić information content (AvgIpc) is 2.78. The van der Waals surface area contributed by atoms with Gasteiger partial charge in [0.05, 0.1) is 30.3 Å². The first-order valence-electron chi connectivity index (χ1n) is 11.4. The van der Waals surface area contributed by atoms with Gasteiger partial charge < -0.3 is 9.47 Å². The smallest absolute Gasteiger partial charge is 0.282 e. The van der Waals surface area contributed by atoms with E-state index in [0.29, 0.717) is 41.4 Å². The molecule has 3 rings (SSSR count). The zero-order valence-electron chi connectivity index (χ0n) is 20.5. The Morgan fingerprint density at radius 1 is 1.12 bits per heavy atom. The van der Waals surface area contributed by atoms with Gasteiger partial charge in [-0.05, 0) is 65.0 Å². The number of ether oxygens (including phenoxy) is 2. The van der Waals surface area contributed by atoms with Crippen molar-refractivity contribution in [3.63, 3.8) is 0 Å². The standard InChI is InChI=1S/C26H31Br2N3O3/c1-7-16(3)24-30-21-10-9-18(27)12-19(21)25(32)31(24)29-14-17-11-22(33-8-2)23(13-20(17)28)34-15-26(4,5)6/h9-14,16H,7-8,15H2,1-6H3/t16-/m0/s1. The molecule has 0 amide bonds. The lowest BCUT2D eigenvalue weighted by Gasteiger charge is -2.21. The van der Waals surface area contributed by atoms with Crippen LogP contribution in [0.15, 0.2) is 49.2 Å². The molecule has 1 aromatic heterocycles. The summed E-state index contributed by atoms with van der Waals surface area (Å²) in [6, 6.07) is 9.27. The summed E-state index contributed by atoms with van der Waals surface area (Å²) in [5.74, 6) is 1.99. The Bertz CT molecular complexity index is 1260. The predicted octanol–water partition coefficient (Wildman–Crippen LogP) is 7.14. The van der Waals surface area contributed by atoms with E-state index in [1.807, 2.05) is 38.1 Å². The van der Waals surface area contributed by atoms with Gasteiger partial charge in [0.25, 0.3) is 5.56 Å². The molecule has 0 saturated carbocycles. The van der Waals surface area contributed by atoms with Crippen molar-refractivity contribution in [2.45, 2.75) is 53.9 Å². The molecule has 0 fully saturated rings. The van der Waals surface area contributed by atoms with Crippen LogP contribution in [0.1, 0.15) is 65.3 Å². The summed E-state index contributed by atoms with van der Waals surface area (Å²) in [5.41, 5.74) is 1.24. The van der Waals surface area contributed by atoms with Crippen LogP contribution in [0, 0.1) is 5.41 Å². The van der Waals surface area contributed by atoms with Crippen molar-refractivity contribution >= 4 is 49.0 Å². The van der Waals surface area contributed by atoms with E-state index in [9.17, 15) is 4.79 Å². The van der Waals surface area contributed by atoms with Crippen molar-refractivity contribution in [2.24, 2.45) is 10.5 Å². The summed E-state index contributed by atoms with van der Waals surface area (Å²) in [6.07, 6.45) is 2.49. The molecule has 3 aromatic rings. The monoisotopic (exact) mass is 591 g/mol. The fraction of sp³-hybridized carbons (Fsp3) is 0.423. The van der Waals surface area contributed by atoms with Crippen LogP contribution in [-0.2, 0) is 0 Å². The lowest BCUT2D eigenvalue weighted by molar-refractivity contribution is 0.188. The van der Waals surface area contributed by atoms with Crippen LogP contribution in [0.5, 0.6) is 11.5 Å². The van der Waals surface area contributed by atoms with E-state index in [1.54, 1.807) is 12.3 Å². The van der Waals surface area contributed by atoms with Crippen molar-refractivity contribution < 1.29 is 9.47 Å². The number of benzene rings is 2. The minimum absolute atomic E-state index is 0.0156. The minimum atomic E-state index is -0.205. The largest absolute Gasteiger partial charge is 0.490 e. The van der Waals surface area contributed by atoms with Gasteiger partial charge >= 0.3 is 0 Å². The zero-order valence-corrected chi connectivity index (χ0v) is 23.7. The summed E-state index contributed by atoms with van der Waals surface area (Å²) < 4.78 is 14.9. The third kappa shape index (κ3) is 6.27. The third-order valence-corrected chi connectivity index (χ3v) is 6.40. The molecule has 0 unspecified atom stereocenters. The van der Waals surface area contributed by atoms with Crippen molar-refractivity contribution in [3.05, 3.63) is 61.0 Å². The summed E-state index contributed by atoms with van der Waals surface area (Å²) in [5, 5.41) is 5.09.